The van der Waals surface area contributed by atoms with Crippen molar-refractivity contribution in [3.05, 3.63) is 0 Å². The Morgan fingerprint density at radius 3 is 2.00 bits per heavy atom. The summed E-state index contributed by atoms with van der Waals surface area (Å²) in [4.78, 5) is 0. The molecule has 0 radical (unpaired) electrons. The van der Waals surface area contributed by atoms with E-state index >= 15 is 0 Å². The second-order valence-electron chi connectivity index (χ2n) is 2.95. The molecular formula is C6H13NO6. The Morgan fingerprint density at radius 1 is 1.00 bits per heavy atom. The molecule has 0 saturated carbocycles. The van der Waals surface area contributed by atoms with Crippen LogP contribution in [0.15, 0.2) is 0 Å². The summed E-state index contributed by atoms with van der Waals surface area (Å²) in [5, 5.41) is 45.2. The van der Waals surface area contributed by atoms with Crippen LogP contribution in [0, 0.1) is 0 Å². The van der Waals surface area contributed by atoms with Crippen LogP contribution in [-0.2, 0) is 4.74 Å². The zero-order valence-electron chi connectivity index (χ0n) is 6.69. The molecule has 13 heavy (non-hydrogen) atoms. The molecule has 1 rings (SSSR count). The van der Waals surface area contributed by atoms with Gasteiger partial charge in [0.2, 0.25) is 0 Å². The average molecular weight is 195 g/mol. The van der Waals surface area contributed by atoms with E-state index in [1.54, 1.807) is 0 Å². The third-order valence-electron chi connectivity index (χ3n) is 1.96. The van der Waals surface area contributed by atoms with Gasteiger partial charge in [-0.1, -0.05) is 0 Å². The lowest BCUT2D eigenvalue weighted by Crippen LogP contribution is -2.62. The minimum absolute atomic E-state index is 1.31. The minimum Gasteiger partial charge on any atom is -0.387 e. The normalized spacial score (nSPS) is 48.9. The summed E-state index contributed by atoms with van der Waals surface area (Å²) < 4.78 is 4.56. The molecule has 1 saturated heterocycles. The number of hydrogen-bond donors (Lipinski definition) is 6. The lowest BCUT2D eigenvalue weighted by molar-refractivity contribution is -0.296. The van der Waals surface area contributed by atoms with Crippen molar-refractivity contribution in [3.8, 4) is 0 Å². The lowest BCUT2D eigenvalue weighted by atomic mass is 9.98. The highest BCUT2D eigenvalue weighted by Crippen LogP contribution is 2.20. The van der Waals surface area contributed by atoms with Gasteiger partial charge in [0.25, 0.3) is 0 Å². The van der Waals surface area contributed by atoms with Crippen molar-refractivity contribution < 1.29 is 30.3 Å². The summed E-state index contributed by atoms with van der Waals surface area (Å²) in [5.41, 5.74) is 4.99. The van der Waals surface area contributed by atoms with E-state index in [-0.39, 0.29) is 0 Å². The van der Waals surface area contributed by atoms with Crippen LogP contribution >= 0.6 is 0 Å². The second kappa shape index (κ2) is 3.84. The van der Waals surface area contributed by atoms with Gasteiger partial charge in [0, 0.05) is 0 Å². The molecule has 1 fully saturated rings. The summed E-state index contributed by atoms with van der Waals surface area (Å²) in [7, 11) is 0. The first-order valence-electron chi connectivity index (χ1n) is 3.76. The highest BCUT2D eigenvalue weighted by Gasteiger charge is 2.44. The Bertz CT molecular complexity index is 177. The first kappa shape index (κ1) is 10.8. The number of rotatable bonds is 1. The SMILES string of the molecule is NC(O)[C@H]1OC(O)[C@H](O)[C@@H](O)[C@H]1O. The molecule has 6 atom stereocenters. The van der Waals surface area contributed by atoms with Crippen LogP contribution in [0.2, 0.25) is 0 Å². The van der Waals surface area contributed by atoms with Crippen LogP contribution in [0.5, 0.6) is 0 Å². The van der Waals surface area contributed by atoms with E-state index in [0.717, 1.165) is 0 Å². The molecule has 0 bridgehead atoms. The molecule has 1 aliphatic rings. The predicted octanol–water partition coefficient (Wildman–Crippen LogP) is -3.94. The summed E-state index contributed by atoms with van der Waals surface area (Å²) in [5.74, 6) is 0. The van der Waals surface area contributed by atoms with E-state index in [1.807, 2.05) is 0 Å². The van der Waals surface area contributed by atoms with E-state index in [0.29, 0.717) is 0 Å². The number of hydrogen-bond acceptors (Lipinski definition) is 7. The van der Waals surface area contributed by atoms with Crippen molar-refractivity contribution in [1.82, 2.24) is 0 Å². The maximum atomic E-state index is 9.21. The zero-order chi connectivity index (χ0) is 10.2. The topological polar surface area (TPSA) is 136 Å². The van der Waals surface area contributed by atoms with Gasteiger partial charge in [-0.05, 0) is 0 Å². The summed E-state index contributed by atoms with van der Waals surface area (Å²) in [6, 6.07) is 0. The molecule has 7 heteroatoms. The van der Waals surface area contributed by atoms with Gasteiger partial charge in [0.05, 0.1) is 0 Å². The highest BCUT2D eigenvalue weighted by molar-refractivity contribution is 4.90. The van der Waals surface area contributed by atoms with Crippen LogP contribution < -0.4 is 5.73 Å². The van der Waals surface area contributed by atoms with Gasteiger partial charge < -0.3 is 36.0 Å². The van der Waals surface area contributed by atoms with E-state index in [9.17, 15) is 5.11 Å². The number of aliphatic hydroxyl groups is 5. The summed E-state index contributed by atoms with van der Waals surface area (Å²) >= 11 is 0. The van der Waals surface area contributed by atoms with Crippen LogP contribution in [0.1, 0.15) is 0 Å². The lowest BCUT2D eigenvalue weighted by Gasteiger charge is -2.39. The van der Waals surface area contributed by atoms with Crippen LogP contribution in [-0.4, -0.2) is 62.5 Å². The average Bonchev–Trinajstić information content (AvgIpc) is 2.07. The predicted molar refractivity (Wildman–Crippen MR) is 39.1 cm³/mol. The third-order valence-corrected chi connectivity index (χ3v) is 1.96. The van der Waals surface area contributed by atoms with Gasteiger partial charge in [0.1, 0.15) is 30.6 Å². The Kier molecular flexibility index (Phi) is 3.19. The van der Waals surface area contributed by atoms with Crippen LogP contribution in [0.25, 0.3) is 0 Å². The second-order valence-corrected chi connectivity index (χ2v) is 2.95. The van der Waals surface area contributed by atoms with Crippen molar-refractivity contribution in [3.63, 3.8) is 0 Å². The molecule has 0 amide bonds. The van der Waals surface area contributed by atoms with Crippen molar-refractivity contribution >= 4 is 0 Å². The molecule has 0 aliphatic carbocycles. The van der Waals surface area contributed by atoms with Gasteiger partial charge in [0.15, 0.2) is 6.29 Å². The van der Waals surface area contributed by atoms with Crippen LogP contribution in [0.4, 0.5) is 0 Å². The fourth-order valence-electron chi connectivity index (χ4n) is 1.17. The molecule has 1 aliphatic heterocycles. The van der Waals surface area contributed by atoms with Crippen molar-refractivity contribution in [2.45, 2.75) is 36.9 Å². The highest BCUT2D eigenvalue weighted by atomic mass is 16.6. The van der Waals surface area contributed by atoms with E-state index in [2.05, 4.69) is 4.74 Å². The van der Waals surface area contributed by atoms with Gasteiger partial charge in [-0.3, -0.25) is 0 Å². The Hall–Kier alpha value is -0.280. The molecular weight excluding hydrogens is 182 g/mol. The largest absolute Gasteiger partial charge is 0.387 e. The summed E-state index contributed by atoms with van der Waals surface area (Å²) in [6.45, 7) is 0. The Balaban J connectivity index is 2.70. The van der Waals surface area contributed by atoms with Gasteiger partial charge in [-0.15, -0.1) is 0 Å². The van der Waals surface area contributed by atoms with E-state index < -0.39 is 36.9 Å². The van der Waals surface area contributed by atoms with E-state index in [4.69, 9.17) is 26.2 Å². The standard InChI is InChI=1S/C6H13NO6/c7-5(11)4-2(9)1(8)3(10)6(12)13-4/h1-6,8-12H,7H2/t1-,2+,3+,4-,5?,6?/m0/s1. The molecule has 0 aromatic heterocycles. The molecule has 1 heterocycles. The monoisotopic (exact) mass is 195 g/mol. The smallest absolute Gasteiger partial charge is 0.184 e. The van der Waals surface area contributed by atoms with Crippen molar-refractivity contribution in [2.75, 3.05) is 0 Å². The molecule has 0 aromatic carbocycles. The molecule has 7 N–H and O–H groups in total. The number of nitrogens with two attached hydrogens (primary N) is 1. The molecule has 0 aromatic rings. The zero-order valence-corrected chi connectivity index (χ0v) is 6.69. The number of ether oxygens (including phenoxy) is 1. The molecule has 0 spiro atoms. The Morgan fingerprint density at radius 2 is 1.54 bits per heavy atom. The van der Waals surface area contributed by atoms with E-state index in [1.165, 1.54) is 0 Å². The Labute approximate surface area is 74.0 Å². The third kappa shape index (κ3) is 1.97. The molecule has 78 valence electrons. The molecule has 2 unspecified atom stereocenters. The van der Waals surface area contributed by atoms with Crippen molar-refractivity contribution in [1.29, 1.82) is 0 Å². The minimum atomic E-state index is -1.67. The summed E-state index contributed by atoms with van der Waals surface area (Å²) in [6.07, 6.45) is -9.24. The number of aliphatic hydroxyl groups excluding tert-OH is 5. The fraction of sp³-hybridized carbons (Fsp3) is 1.00. The van der Waals surface area contributed by atoms with Gasteiger partial charge in [-0.25, -0.2) is 0 Å². The molecule has 7 nitrogen and oxygen atoms in total. The van der Waals surface area contributed by atoms with Gasteiger partial charge in [-0.2, -0.15) is 0 Å². The maximum absolute atomic E-state index is 9.21. The van der Waals surface area contributed by atoms with Crippen molar-refractivity contribution in [2.24, 2.45) is 5.73 Å². The van der Waals surface area contributed by atoms with Crippen LogP contribution in [0.3, 0.4) is 0 Å². The maximum Gasteiger partial charge on any atom is 0.184 e. The quantitative estimate of drug-likeness (QED) is 0.235. The van der Waals surface area contributed by atoms with Gasteiger partial charge >= 0.3 is 0 Å². The first-order valence-corrected chi connectivity index (χ1v) is 3.76. The first-order chi connectivity index (χ1) is 5.95. The fourth-order valence-corrected chi connectivity index (χ4v) is 1.17.